The number of rotatable bonds is 2. The molecule has 4 nitrogen and oxygen atoms in total. The Hall–Kier alpha value is -1.91. The first-order valence-electron chi connectivity index (χ1n) is 8.75. The predicted octanol–water partition coefficient (Wildman–Crippen LogP) is 2.35. The van der Waals surface area contributed by atoms with E-state index in [0.717, 1.165) is 12.0 Å². The Kier molecular flexibility index (Phi) is 3.44. The number of carbonyl (C=O) groups is 2. The number of likely N-dealkylation sites (N-methyl/N-ethyl adjacent to an activating group) is 1. The van der Waals surface area contributed by atoms with Crippen molar-refractivity contribution in [3.05, 3.63) is 35.9 Å². The molecule has 3 aliphatic rings. The van der Waals surface area contributed by atoms with Crippen LogP contribution in [0.4, 0.5) is 4.39 Å². The minimum atomic E-state index is -1.68. The minimum Gasteiger partial charge on any atom is -0.345 e. The Morgan fingerprint density at radius 3 is 2.54 bits per heavy atom. The van der Waals surface area contributed by atoms with Crippen molar-refractivity contribution in [2.75, 3.05) is 26.7 Å². The molecule has 0 N–H and O–H groups in total. The summed E-state index contributed by atoms with van der Waals surface area (Å²) in [7, 11) is 1.82. The van der Waals surface area contributed by atoms with E-state index in [2.05, 4.69) is 0 Å². The molecule has 2 heterocycles. The van der Waals surface area contributed by atoms with Crippen molar-refractivity contribution < 1.29 is 14.0 Å². The summed E-state index contributed by atoms with van der Waals surface area (Å²) in [6, 6.07) is 10.0. The van der Waals surface area contributed by atoms with Crippen LogP contribution in [0.1, 0.15) is 37.2 Å². The molecule has 3 fully saturated rings. The molecule has 0 unspecified atom stereocenters. The highest BCUT2D eigenvalue weighted by Gasteiger charge is 2.59. The van der Waals surface area contributed by atoms with Gasteiger partial charge in [-0.3, -0.25) is 9.59 Å². The first-order chi connectivity index (χ1) is 11.5. The number of hydrogen-bond donors (Lipinski definition) is 0. The van der Waals surface area contributed by atoms with Gasteiger partial charge in [0.2, 0.25) is 5.91 Å². The van der Waals surface area contributed by atoms with Gasteiger partial charge < -0.3 is 9.80 Å². The third-order valence-electron chi connectivity index (χ3n) is 6.22. The van der Waals surface area contributed by atoms with Gasteiger partial charge in [0.25, 0.3) is 5.91 Å². The van der Waals surface area contributed by atoms with Crippen molar-refractivity contribution in [3.8, 4) is 0 Å². The van der Waals surface area contributed by atoms with Crippen LogP contribution >= 0.6 is 0 Å². The second kappa shape index (κ2) is 5.30. The van der Waals surface area contributed by atoms with Gasteiger partial charge in [-0.2, -0.15) is 0 Å². The van der Waals surface area contributed by atoms with Crippen LogP contribution in [0.25, 0.3) is 0 Å². The zero-order valence-corrected chi connectivity index (χ0v) is 14.0. The molecule has 0 radical (unpaired) electrons. The number of benzene rings is 1. The van der Waals surface area contributed by atoms with Crippen molar-refractivity contribution in [1.82, 2.24) is 9.80 Å². The van der Waals surface area contributed by atoms with Crippen LogP contribution in [-0.2, 0) is 9.59 Å². The number of alkyl halides is 1. The lowest BCUT2D eigenvalue weighted by molar-refractivity contribution is -0.149. The average Bonchev–Trinajstić information content (AvgIpc) is 3.11. The Bertz CT molecular complexity index is 673. The molecule has 4 rings (SSSR count). The fraction of sp³-hybridized carbons (Fsp3) is 0.579. The van der Waals surface area contributed by atoms with Crippen LogP contribution in [0, 0.1) is 5.41 Å². The molecule has 1 aliphatic carbocycles. The van der Waals surface area contributed by atoms with E-state index >= 15 is 0 Å². The van der Waals surface area contributed by atoms with E-state index in [1.54, 1.807) is 9.80 Å². The first-order valence-corrected chi connectivity index (χ1v) is 8.75. The van der Waals surface area contributed by atoms with Crippen molar-refractivity contribution >= 4 is 11.8 Å². The first kappa shape index (κ1) is 15.6. The fourth-order valence-electron chi connectivity index (χ4n) is 4.62. The number of halogens is 1. The number of likely N-dealkylation sites (tertiary alicyclic amines) is 2. The van der Waals surface area contributed by atoms with Gasteiger partial charge in [-0.1, -0.05) is 30.3 Å². The van der Waals surface area contributed by atoms with E-state index < -0.39 is 17.0 Å². The summed E-state index contributed by atoms with van der Waals surface area (Å²) in [5, 5.41) is 0. The summed E-state index contributed by atoms with van der Waals surface area (Å²) in [6.45, 7) is 1.49. The Balaban J connectivity index is 1.63. The lowest BCUT2D eigenvalue weighted by Gasteiger charge is -2.36. The van der Waals surface area contributed by atoms with Gasteiger partial charge in [-0.15, -0.1) is 0 Å². The van der Waals surface area contributed by atoms with Crippen molar-refractivity contribution in [1.29, 1.82) is 0 Å². The van der Waals surface area contributed by atoms with E-state index in [1.807, 2.05) is 37.4 Å². The highest BCUT2D eigenvalue weighted by molar-refractivity contribution is 5.91. The summed E-state index contributed by atoms with van der Waals surface area (Å²) in [6.07, 6.45) is 2.05. The summed E-state index contributed by atoms with van der Waals surface area (Å²) < 4.78 is 14.5. The molecule has 24 heavy (non-hydrogen) atoms. The van der Waals surface area contributed by atoms with Crippen LogP contribution in [0.5, 0.6) is 0 Å². The number of hydrogen-bond acceptors (Lipinski definition) is 2. The maximum absolute atomic E-state index is 14.5. The van der Waals surface area contributed by atoms with Crippen LogP contribution in [-0.4, -0.2) is 54.0 Å². The van der Waals surface area contributed by atoms with E-state index in [9.17, 15) is 14.0 Å². The molecule has 128 valence electrons. The second-order valence-electron chi connectivity index (χ2n) is 7.60. The third-order valence-corrected chi connectivity index (χ3v) is 6.22. The zero-order valence-electron chi connectivity index (χ0n) is 14.0. The van der Waals surface area contributed by atoms with Gasteiger partial charge in [0.15, 0.2) is 5.67 Å². The number of amides is 2. The van der Waals surface area contributed by atoms with Crippen molar-refractivity contribution in [3.63, 3.8) is 0 Å². The van der Waals surface area contributed by atoms with Gasteiger partial charge in [-0.25, -0.2) is 4.39 Å². The van der Waals surface area contributed by atoms with E-state index in [0.29, 0.717) is 38.9 Å². The molecule has 0 aromatic heterocycles. The molecule has 1 aromatic carbocycles. The lowest BCUT2D eigenvalue weighted by Crippen LogP contribution is -2.50. The van der Waals surface area contributed by atoms with Crippen LogP contribution in [0.3, 0.4) is 0 Å². The highest BCUT2D eigenvalue weighted by atomic mass is 19.1. The zero-order chi connectivity index (χ0) is 16.9. The molecular formula is C19H23FN2O2. The number of nitrogens with zero attached hydrogens (tertiary/aromatic N) is 2. The third kappa shape index (κ3) is 2.10. The molecule has 1 spiro atoms. The van der Waals surface area contributed by atoms with E-state index in [4.69, 9.17) is 0 Å². The van der Waals surface area contributed by atoms with Crippen LogP contribution < -0.4 is 0 Å². The average molecular weight is 330 g/mol. The lowest BCUT2D eigenvalue weighted by atomic mass is 9.73. The van der Waals surface area contributed by atoms with Gasteiger partial charge in [0, 0.05) is 32.6 Å². The SMILES string of the molecule is CN1C[C@@H](c2ccccc2)[C@@]2(CCN(C(=O)C3(F)CCC3)C2)C1=O. The smallest absolute Gasteiger partial charge is 0.260 e. The van der Waals surface area contributed by atoms with Gasteiger partial charge in [0.05, 0.1) is 5.41 Å². The monoisotopic (exact) mass is 330 g/mol. The Morgan fingerprint density at radius 1 is 1.21 bits per heavy atom. The van der Waals surface area contributed by atoms with Gasteiger partial charge in [-0.05, 0) is 31.2 Å². The molecular weight excluding hydrogens is 307 g/mol. The van der Waals surface area contributed by atoms with Gasteiger partial charge in [0.1, 0.15) is 0 Å². The fourth-order valence-corrected chi connectivity index (χ4v) is 4.62. The second-order valence-corrected chi connectivity index (χ2v) is 7.60. The largest absolute Gasteiger partial charge is 0.345 e. The molecule has 2 saturated heterocycles. The van der Waals surface area contributed by atoms with Crippen LogP contribution in [0.2, 0.25) is 0 Å². The highest BCUT2D eigenvalue weighted by Crippen LogP contribution is 2.50. The van der Waals surface area contributed by atoms with Crippen molar-refractivity contribution in [2.45, 2.75) is 37.3 Å². The van der Waals surface area contributed by atoms with E-state index in [-0.39, 0.29) is 11.8 Å². The maximum Gasteiger partial charge on any atom is 0.260 e. The standard InChI is InChI=1S/C19H23FN2O2/c1-21-12-15(14-6-3-2-4-7-14)18(16(21)23)10-11-22(13-18)17(24)19(20)8-5-9-19/h2-4,6-7,15H,5,8-13H2,1H3/t15-,18-/m0/s1. The Morgan fingerprint density at radius 2 is 1.92 bits per heavy atom. The summed E-state index contributed by atoms with van der Waals surface area (Å²) in [5.41, 5.74) is -1.14. The molecule has 0 bridgehead atoms. The molecule has 2 aliphatic heterocycles. The molecule has 2 amide bonds. The summed E-state index contributed by atoms with van der Waals surface area (Å²) in [4.78, 5) is 28.8. The summed E-state index contributed by atoms with van der Waals surface area (Å²) in [5.74, 6) is -0.251. The number of carbonyl (C=O) groups excluding carboxylic acids is 2. The minimum absolute atomic E-state index is 0.0611. The van der Waals surface area contributed by atoms with Crippen molar-refractivity contribution in [2.24, 2.45) is 5.41 Å². The maximum atomic E-state index is 14.5. The molecule has 1 aromatic rings. The Labute approximate surface area is 141 Å². The van der Waals surface area contributed by atoms with Gasteiger partial charge >= 0.3 is 0 Å². The quantitative estimate of drug-likeness (QED) is 0.835. The molecule has 5 heteroatoms. The van der Waals surface area contributed by atoms with Crippen LogP contribution in [0.15, 0.2) is 30.3 Å². The topological polar surface area (TPSA) is 40.6 Å². The summed E-state index contributed by atoms with van der Waals surface area (Å²) >= 11 is 0. The van der Waals surface area contributed by atoms with E-state index in [1.165, 1.54) is 0 Å². The normalized spacial score (nSPS) is 31.6. The molecule has 2 atom stereocenters. The molecule has 1 saturated carbocycles. The predicted molar refractivity (Wildman–Crippen MR) is 88.1 cm³/mol.